The van der Waals surface area contributed by atoms with Crippen LogP contribution in [-0.4, -0.2) is 33.5 Å². The van der Waals surface area contributed by atoms with Gasteiger partial charge in [0.05, 0.1) is 29.4 Å². The maximum atomic E-state index is 11.9. The Balaban J connectivity index is 1.83. The molecule has 0 aromatic carbocycles. The number of thiazole rings is 1. The summed E-state index contributed by atoms with van der Waals surface area (Å²) in [4.78, 5) is 31.3. The minimum Gasteiger partial charge on any atom is -0.387 e. The largest absolute Gasteiger partial charge is 0.387 e. The Morgan fingerprint density at radius 2 is 2.00 bits per heavy atom. The highest BCUT2D eigenvalue weighted by atomic mass is 32.1. The standard InChI is InChI=1S/C15H18N4O3S/c1-10-19-13(9-23-10)5-14(21)18-7-12-4-11(2-3-16-12)6-17-15(22)8-20/h2-4,9,20H,5-8H2,1H3,(H,17,22)(H,18,21). The lowest BCUT2D eigenvalue weighted by Gasteiger charge is -2.07. The minimum atomic E-state index is -0.538. The van der Waals surface area contributed by atoms with E-state index in [-0.39, 0.29) is 12.3 Å². The first kappa shape index (κ1) is 17.0. The summed E-state index contributed by atoms with van der Waals surface area (Å²) in [5.41, 5.74) is 2.31. The number of amides is 2. The molecule has 2 aromatic rings. The SMILES string of the molecule is Cc1nc(CC(=O)NCc2cc(CNC(=O)CO)ccn2)cs1. The van der Waals surface area contributed by atoms with Crippen LogP contribution in [0, 0.1) is 6.92 Å². The minimum absolute atomic E-state index is 0.115. The summed E-state index contributed by atoms with van der Waals surface area (Å²) in [7, 11) is 0. The van der Waals surface area contributed by atoms with E-state index in [0.717, 1.165) is 16.3 Å². The summed E-state index contributed by atoms with van der Waals surface area (Å²) in [5.74, 6) is -0.550. The number of nitrogens with zero attached hydrogens (tertiary/aromatic N) is 2. The Kier molecular flexibility index (Phi) is 6.19. The van der Waals surface area contributed by atoms with Crippen molar-refractivity contribution in [2.45, 2.75) is 26.4 Å². The third-order valence-corrected chi connectivity index (χ3v) is 3.81. The van der Waals surface area contributed by atoms with E-state index in [9.17, 15) is 9.59 Å². The summed E-state index contributed by atoms with van der Waals surface area (Å²) in [6.07, 6.45) is 1.86. The van der Waals surface area contributed by atoms with E-state index in [1.165, 1.54) is 11.3 Å². The summed E-state index contributed by atoms with van der Waals surface area (Å²) < 4.78 is 0. The van der Waals surface area contributed by atoms with Crippen molar-refractivity contribution in [2.75, 3.05) is 6.61 Å². The van der Waals surface area contributed by atoms with Crippen LogP contribution in [0.25, 0.3) is 0 Å². The van der Waals surface area contributed by atoms with Gasteiger partial charge in [0, 0.05) is 18.1 Å². The topological polar surface area (TPSA) is 104 Å². The highest BCUT2D eigenvalue weighted by Gasteiger charge is 2.07. The lowest BCUT2D eigenvalue weighted by Crippen LogP contribution is -2.26. The summed E-state index contributed by atoms with van der Waals surface area (Å²) in [5, 5.41) is 16.8. The predicted molar refractivity (Wildman–Crippen MR) is 85.6 cm³/mol. The van der Waals surface area contributed by atoms with Crippen molar-refractivity contribution in [1.82, 2.24) is 20.6 Å². The number of carbonyl (C=O) groups is 2. The highest BCUT2D eigenvalue weighted by molar-refractivity contribution is 7.09. The van der Waals surface area contributed by atoms with Gasteiger partial charge >= 0.3 is 0 Å². The number of hydrogen-bond donors (Lipinski definition) is 3. The number of aryl methyl sites for hydroxylation is 1. The Bertz CT molecular complexity index is 687. The smallest absolute Gasteiger partial charge is 0.245 e. The van der Waals surface area contributed by atoms with Gasteiger partial charge in [-0.2, -0.15) is 0 Å². The average Bonchev–Trinajstić information content (AvgIpc) is 2.96. The molecule has 0 aliphatic heterocycles. The molecule has 0 spiro atoms. The molecule has 0 saturated heterocycles. The Morgan fingerprint density at radius 3 is 2.70 bits per heavy atom. The van der Waals surface area contributed by atoms with Crippen LogP contribution in [0.4, 0.5) is 0 Å². The van der Waals surface area contributed by atoms with Gasteiger partial charge in [-0.05, 0) is 24.6 Å². The van der Waals surface area contributed by atoms with Crippen LogP contribution in [0.3, 0.4) is 0 Å². The number of hydrogen-bond acceptors (Lipinski definition) is 6. The summed E-state index contributed by atoms with van der Waals surface area (Å²) in [6.45, 7) is 1.98. The van der Waals surface area contributed by atoms with Gasteiger partial charge in [0.1, 0.15) is 6.61 Å². The van der Waals surface area contributed by atoms with Gasteiger partial charge in [-0.1, -0.05) is 0 Å². The lowest BCUT2D eigenvalue weighted by atomic mass is 10.2. The van der Waals surface area contributed by atoms with Crippen LogP contribution in [0.15, 0.2) is 23.7 Å². The highest BCUT2D eigenvalue weighted by Crippen LogP contribution is 2.08. The van der Waals surface area contributed by atoms with E-state index >= 15 is 0 Å². The first-order valence-electron chi connectivity index (χ1n) is 7.06. The van der Waals surface area contributed by atoms with Gasteiger partial charge in [0.15, 0.2) is 0 Å². The number of aliphatic hydroxyl groups excluding tert-OH is 1. The maximum Gasteiger partial charge on any atom is 0.245 e. The van der Waals surface area contributed by atoms with Crippen molar-refractivity contribution >= 4 is 23.2 Å². The van der Waals surface area contributed by atoms with Gasteiger partial charge in [0.25, 0.3) is 0 Å². The van der Waals surface area contributed by atoms with Crippen molar-refractivity contribution in [2.24, 2.45) is 0 Å². The van der Waals surface area contributed by atoms with Crippen molar-refractivity contribution in [3.05, 3.63) is 45.7 Å². The fourth-order valence-electron chi connectivity index (χ4n) is 1.90. The van der Waals surface area contributed by atoms with Crippen LogP contribution >= 0.6 is 11.3 Å². The van der Waals surface area contributed by atoms with Crippen molar-refractivity contribution in [3.8, 4) is 0 Å². The number of pyridine rings is 1. The van der Waals surface area contributed by atoms with Gasteiger partial charge in [-0.15, -0.1) is 11.3 Å². The van der Waals surface area contributed by atoms with Crippen molar-refractivity contribution < 1.29 is 14.7 Å². The molecule has 0 aliphatic rings. The monoisotopic (exact) mass is 334 g/mol. The Labute approximate surface area is 137 Å². The Morgan fingerprint density at radius 1 is 1.22 bits per heavy atom. The summed E-state index contributed by atoms with van der Waals surface area (Å²) in [6, 6.07) is 3.56. The van der Waals surface area contributed by atoms with Crippen LogP contribution in [0.2, 0.25) is 0 Å². The van der Waals surface area contributed by atoms with E-state index in [0.29, 0.717) is 18.8 Å². The maximum absolute atomic E-state index is 11.9. The van der Waals surface area contributed by atoms with Crippen LogP contribution in [0.5, 0.6) is 0 Å². The van der Waals surface area contributed by atoms with Gasteiger partial charge in [0.2, 0.25) is 11.8 Å². The predicted octanol–water partition coefficient (Wildman–Crippen LogP) is 0.314. The van der Waals surface area contributed by atoms with Gasteiger partial charge in [-0.3, -0.25) is 14.6 Å². The molecule has 0 radical (unpaired) electrons. The molecule has 3 N–H and O–H groups in total. The molecule has 2 aromatic heterocycles. The second-order valence-corrected chi connectivity index (χ2v) is 5.96. The van der Waals surface area contributed by atoms with Crippen LogP contribution < -0.4 is 10.6 Å². The van der Waals surface area contributed by atoms with Gasteiger partial charge < -0.3 is 15.7 Å². The first-order valence-corrected chi connectivity index (χ1v) is 7.94. The van der Waals surface area contributed by atoms with E-state index < -0.39 is 12.5 Å². The first-order chi connectivity index (χ1) is 11.1. The third kappa shape index (κ3) is 5.76. The van der Waals surface area contributed by atoms with E-state index in [1.807, 2.05) is 12.3 Å². The number of nitrogens with one attached hydrogen (secondary N) is 2. The molecular weight excluding hydrogens is 316 g/mol. The van der Waals surface area contributed by atoms with Crippen molar-refractivity contribution in [1.29, 1.82) is 0 Å². The lowest BCUT2D eigenvalue weighted by molar-refractivity contribution is -0.124. The van der Waals surface area contributed by atoms with Crippen molar-refractivity contribution in [3.63, 3.8) is 0 Å². The fourth-order valence-corrected chi connectivity index (χ4v) is 2.51. The molecule has 0 saturated carbocycles. The molecule has 23 heavy (non-hydrogen) atoms. The summed E-state index contributed by atoms with van der Waals surface area (Å²) >= 11 is 1.52. The Hall–Kier alpha value is -2.32. The zero-order chi connectivity index (χ0) is 16.7. The average molecular weight is 334 g/mol. The molecule has 0 unspecified atom stereocenters. The van der Waals surface area contributed by atoms with E-state index in [1.54, 1.807) is 18.3 Å². The molecular formula is C15H18N4O3S. The molecule has 0 atom stereocenters. The van der Waals surface area contributed by atoms with E-state index in [4.69, 9.17) is 5.11 Å². The third-order valence-electron chi connectivity index (χ3n) is 2.99. The zero-order valence-corrected chi connectivity index (χ0v) is 13.5. The fraction of sp³-hybridized carbons (Fsp3) is 0.333. The van der Waals surface area contributed by atoms with Gasteiger partial charge in [-0.25, -0.2) is 4.98 Å². The zero-order valence-electron chi connectivity index (χ0n) is 12.7. The second kappa shape index (κ2) is 8.35. The number of aliphatic hydroxyl groups is 1. The quantitative estimate of drug-likeness (QED) is 0.676. The number of rotatable bonds is 7. The van der Waals surface area contributed by atoms with Crippen LogP contribution in [0.1, 0.15) is 22.0 Å². The van der Waals surface area contributed by atoms with Crippen LogP contribution in [-0.2, 0) is 29.1 Å². The molecule has 0 bridgehead atoms. The molecule has 2 rings (SSSR count). The molecule has 2 amide bonds. The normalized spacial score (nSPS) is 10.3. The molecule has 7 nitrogen and oxygen atoms in total. The number of carbonyl (C=O) groups excluding carboxylic acids is 2. The van der Waals surface area contributed by atoms with E-state index in [2.05, 4.69) is 20.6 Å². The molecule has 0 aliphatic carbocycles. The molecule has 0 fully saturated rings. The molecule has 122 valence electrons. The molecule has 2 heterocycles. The second-order valence-electron chi connectivity index (χ2n) is 4.90. The number of aromatic nitrogens is 2. The molecule has 8 heteroatoms.